The van der Waals surface area contributed by atoms with Gasteiger partial charge in [0, 0.05) is 25.7 Å². The summed E-state index contributed by atoms with van der Waals surface area (Å²) in [5.41, 5.74) is -0.310. The van der Waals surface area contributed by atoms with E-state index in [1.807, 2.05) is 6.92 Å². The van der Waals surface area contributed by atoms with Crippen molar-refractivity contribution < 1.29 is 9.59 Å². The number of urea groups is 1. The Hall–Kier alpha value is -1.79. The molecule has 1 heterocycles. The molecule has 0 bridgehead atoms. The number of hydrogen-bond donors (Lipinski definition) is 3. The van der Waals surface area contributed by atoms with E-state index >= 15 is 0 Å². The summed E-state index contributed by atoms with van der Waals surface area (Å²) in [5.74, 6) is 0.701. The van der Waals surface area contributed by atoms with Crippen molar-refractivity contribution in [1.82, 2.24) is 20.9 Å². The SMILES string of the molecule is CCNC(=NCCCN1C(=O)NC(C)(CC)C1=O)NC1CCC(C)(C)CC1. The smallest absolute Gasteiger partial charge is 0.325 e. The van der Waals surface area contributed by atoms with Crippen molar-refractivity contribution in [3.05, 3.63) is 0 Å². The standard InChI is InChI=1S/C20H37N5O2/c1-6-20(5)16(26)25(18(27)24-20)14-8-13-22-17(21-7-2)23-15-9-11-19(3,4)12-10-15/h15H,6-14H2,1-5H3,(H,24,27)(H2,21,22,23). The highest BCUT2D eigenvalue weighted by molar-refractivity contribution is 6.06. The number of aliphatic imine (C=N–C) groups is 1. The van der Waals surface area contributed by atoms with E-state index in [1.165, 1.54) is 17.7 Å². The van der Waals surface area contributed by atoms with Gasteiger partial charge in [-0.2, -0.15) is 0 Å². The molecular formula is C20H37N5O2. The molecular weight excluding hydrogens is 342 g/mol. The van der Waals surface area contributed by atoms with Gasteiger partial charge in [-0.3, -0.25) is 14.7 Å². The van der Waals surface area contributed by atoms with Crippen molar-refractivity contribution in [2.45, 2.75) is 84.7 Å². The number of nitrogens with zero attached hydrogens (tertiary/aromatic N) is 2. The van der Waals surface area contributed by atoms with Gasteiger partial charge in [0.25, 0.3) is 5.91 Å². The van der Waals surface area contributed by atoms with Gasteiger partial charge in [-0.05, 0) is 57.8 Å². The second-order valence-electron chi connectivity index (χ2n) is 8.77. The minimum Gasteiger partial charge on any atom is -0.357 e. The van der Waals surface area contributed by atoms with Crippen LogP contribution in [0.1, 0.15) is 73.1 Å². The molecule has 0 aromatic heterocycles. The average molecular weight is 380 g/mol. The van der Waals surface area contributed by atoms with Crippen LogP contribution in [0.15, 0.2) is 4.99 Å². The van der Waals surface area contributed by atoms with E-state index in [-0.39, 0.29) is 11.9 Å². The lowest BCUT2D eigenvalue weighted by molar-refractivity contribution is -0.130. The van der Waals surface area contributed by atoms with E-state index in [1.54, 1.807) is 6.92 Å². The Kier molecular flexibility index (Phi) is 7.12. The summed E-state index contributed by atoms with van der Waals surface area (Å²) in [6.45, 7) is 12.2. The number of rotatable bonds is 7. The van der Waals surface area contributed by atoms with Crippen LogP contribution < -0.4 is 16.0 Å². The fourth-order valence-electron chi connectivity index (χ4n) is 3.67. The first kappa shape index (κ1) is 21.5. The molecule has 1 aliphatic carbocycles. The molecule has 0 radical (unpaired) electrons. The summed E-state index contributed by atoms with van der Waals surface area (Å²) in [6, 6.07) is 0.176. The van der Waals surface area contributed by atoms with E-state index in [0.717, 1.165) is 25.3 Å². The fraction of sp³-hybridized carbons (Fsp3) is 0.850. The lowest BCUT2D eigenvalue weighted by atomic mass is 9.75. The number of carbonyl (C=O) groups is 2. The van der Waals surface area contributed by atoms with Crippen molar-refractivity contribution in [2.75, 3.05) is 19.6 Å². The van der Waals surface area contributed by atoms with Crippen LogP contribution in [-0.4, -0.2) is 54.0 Å². The number of imide groups is 1. The van der Waals surface area contributed by atoms with Crippen molar-refractivity contribution in [3.8, 4) is 0 Å². The third-order valence-corrected chi connectivity index (χ3v) is 5.89. The Balaban J connectivity index is 1.82. The Morgan fingerprint density at radius 2 is 1.89 bits per heavy atom. The average Bonchev–Trinajstić information content (AvgIpc) is 2.83. The predicted octanol–water partition coefficient (Wildman–Crippen LogP) is 2.62. The summed E-state index contributed by atoms with van der Waals surface area (Å²) in [7, 11) is 0. The first-order valence-electron chi connectivity index (χ1n) is 10.4. The maximum absolute atomic E-state index is 12.4. The molecule has 1 aliphatic heterocycles. The van der Waals surface area contributed by atoms with Crippen molar-refractivity contribution in [2.24, 2.45) is 10.4 Å². The minimum absolute atomic E-state index is 0.131. The van der Waals surface area contributed by atoms with Crippen molar-refractivity contribution >= 4 is 17.9 Å². The molecule has 0 spiro atoms. The predicted molar refractivity (Wildman–Crippen MR) is 109 cm³/mol. The normalized spacial score (nSPS) is 26.3. The third-order valence-electron chi connectivity index (χ3n) is 5.89. The summed E-state index contributed by atoms with van der Waals surface area (Å²) in [5, 5.41) is 9.63. The maximum atomic E-state index is 12.4. The van der Waals surface area contributed by atoms with Crippen LogP contribution in [0.5, 0.6) is 0 Å². The first-order valence-corrected chi connectivity index (χ1v) is 10.4. The van der Waals surface area contributed by atoms with Crippen molar-refractivity contribution in [1.29, 1.82) is 0 Å². The third kappa shape index (κ3) is 5.59. The van der Waals surface area contributed by atoms with E-state index in [4.69, 9.17) is 0 Å². The first-order chi connectivity index (χ1) is 12.7. The summed E-state index contributed by atoms with van der Waals surface area (Å²) in [4.78, 5) is 30.4. The topological polar surface area (TPSA) is 85.8 Å². The van der Waals surface area contributed by atoms with Crippen molar-refractivity contribution in [3.63, 3.8) is 0 Å². The van der Waals surface area contributed by atoms with E-state index in [9.17, 15) is 9.59 Å². The molecule has 1 atom stereocenters. The molecule has 3 amide bonds. The van der Waals surface area contributed by atoms with Gasteiger partial charge >= 0.3 is 6.03 Å². The van der Waals surface area contributed by atoms with E-state index < -0.39 is 5.54 Å². The molecule has 0 aromatic carbocycles. The number of amides is 3. The molecule has 2 aliphatic rings. The zero-order valence-electron chi connectivity index (χ0n) is 17.7. The molecule has 2 fully saturated rings. The van der Waals surface area contributed by atoms with Crippen LogP contribution in [0.3, 0.4) is 0 Å². The van der Waals surface area contributed by atoms with Gasteiger partial charge in [-0.1, -0.05) is 20.8 Å². The maximum Gasteiger partial charge on any atom is 0.325 e. The van der Waals surface area contributed by atoms with Crippen LogP contribution in [-0.2, 0) is 4.79 Å². The zero-order chi connectivity index (χ0) is 20.1. The highest BCUT2D eigenvalue weighted by atomic mass is 16.2. The number of carbonyl (C=O) groups excluding carboxylic acids is 2. The highest BCUT2D eigenvalue weighted by Crippen LogP contribution is 2.34. The Labute approximate surface area is 163 Å². The molecule has 154 valence electrons. The largest absolute Gasteiger partial charge is 0.357 e. The lowest BCUT2D eigenvalue weighted by Crippen LogP contribution is -2.45. The van der Waals surface area contributed by atoms with Crippen LogP contribution in [0.25, 0.3) is 0 Å². The monoisotopic (exact) mass is 379 g/mol. The van der Waals surface area contributed by atoms with E-state index in [0.29, 0.717) is 37.4 Å². The number of guanidine groups is 1. The number of nitrogens with one attached hydrogen (secondary N) is 3. The molecule has 3 N–H and O–H groups in total. The Bertz CT molecular complexity index is 565. The van der Waals surface area contributed by atoms with Gasteiger partial charge in [0.1, 0.15) is 5.54 Å². The van der Waals surface area contributed by atoms with Crippen LogP contribution >= 0.6 is 0 Å². The quantitative estimate of drug-likeness (QED) is 0.275. The van der Waals surface area contributed by atoms with Crippen LogP contribution in [0.2, 0.25) is 0 Å². The fourth-order valence-corrected chi connectivity index (χ4v) is 3.67. The molecule has 7 heteroatoms. The van der Waals surface area contributed by atoms with Gasteiger partial charge in [-0.25, -0.2) is 4.79 Å². The van der Waals surface area contributed by atoms with E-state index in [2.05, 4.69) is 41.7 Å². The second kappa shape index (κ2) is 8.93. The van der Waals surface area contributed by atoms with Gasteiger partial charge < -0.3 is 16.0 Å². The second-order valence-corrected chi connectivity index (χ2v) is 8.77. The summed E-state index contributed by atoms with van der Waals surface area (Å²) >= 11 is 0. The molecule has 1 unspecified atom stereocenters. The summed E-state index contributed by atoms with van der Waals surface area (Å²) in [6.07, 6.45) is 6.04. The molecule has 0 aromatic rings. The lowest BCUT2D eigenvalue weighted by Gasteiger charge is -2.35. The molecule has 7 nitrogen and oxygen atoms in total. The highest BCUT2D eigenvalue weighted by Gasteiger charge is 2.45. The summed E-state index contributed by atoms with van der Waals surface area (Å²) < 4.78 is 0. The molecule has 1 saturated heterocycles. The Morgan fingerprint density at radius 3 is 2.44 bits per heavy atom. The molecule has 27 heavy (non-hydrogen) atoms. The Morgan fingerprint density at radius 1 is 1.22 bits per heavy atom. The van der Waals surface area contributed by atoms with Crippen LogP contribution in [0.4, 0.5) is 4.79 Å². The zero-order valence-corrected chi connectivity index (χ0v) is 17.7. The van der Waals surface area contributed by atoms with Crippen LogP contribution in [0, 0.1) is 5.41 Å². The molecule has 1 saturated carbocycles. The van der Waals surface area contributed by atoms with Gasteiger partial charge in [0.2, 0.25) is 0 Å². The minimum atomic E-state index is -0.758. The van der Waals surface area contributed by atoms with Gasteiger partial charge in [-0.15, -0.1) is 0 Å². The van der Waals surface area contributed by atoms with Gasteiger partial charge in [0.15, 0.2) is 5.96 Å². The number of hydrogen-bond acceptors (Lipinski definition) is 3. The van der Waals surface area contributed by atoms with Gasteiger partial charge in [0.05, 0.1) is 0 Å². The molecule has 2 rings (SSSR count).